The predicted molar refractivity (Wildman–Crippen MR) is 115 cm³/mol. The van der Waals surface area contributed by atoms with Crippen LogP contribution in [-0.4, -0.2) is 25.9 Å². The van der Waals surface area contributed by atoms with Crippen molar-refractivity contribution in [3.8, 4) is 17.1 Å². The lowest BCUT2D eigenvalue weighted by Crippen LogP contribution is -2.23. The Bertz CT molecular complexity index is 932. The van der Waals surface area contributed by atoms with Gasteiger partial charge in [0.25, 0.3) is 0 Å². The number of nitrogens with zero attached hydrogens (tertiary/aromatic N) is 3. The van der Waals surface area contributed by atoms with Crippen LogP contribution in [0.2, 0.25) is 0 Å². The van der Waals surface area contributed by atoms with E-state index in [1.54, 1.807) is 6.92 Å². The van der Waals surface area contributed by atoms with E-state index in [9.17, 15) is 4.79 Å². The Balaban J connectivity index is 2.03. The van der Waals surface area contributed by atoms with Crippen LogP contribution in [0, 0.1) is 6.92 Å². The first-order valence-corrected chi connectivity index (χ1v) is 10.4. The maximum Gasteiger partial charge on any atom is 0.230 e. The second kappa shape index (κ2) is 9.06. The number of thioether (sulfide) groups is 1. The highest BCUT2D eigenvalue weighted by Crippen LogP contribution is 2.30. The van der Waals surface area contributed by atoms with Crippen molar-refractivity contribution in [1.29, 1.82) is 0 Å². The Morgan fingerprint density at radius 2 is 1.79 bits per heavy atom. The second-order valence-corrected chi connectivity index (χ2v) is 8.25. The first kappa shape index (κ1) is 20.1. The highest BCUT2D eigenvalue weighted by molar-refractivity contribution is 8.00. The quantitative estimate of drug-likeness (QED) is 0.569. The average molecular weight is 395 g/mol. The Labute approximate surface area is 170 Å². The SMILES string of the molecule is CCCCc1ccc(-n2c(SC(C)C(N)=O)nnc2-c2ccc(C)cc2)cc1. The molecule has 6 heteroatoms. The monoisotopic (exact) mass is 394 g/mol. The summed E-state index contributed by atoms with van der Waals surface area (Å²) in [6.45, 7) is 6.04. The summed E-state index contributed by atoms with van der Waals surface area (Å²) in [5, 5.41) is 9.04. The van der Waals surface area contributed by atoms with Gasteiger partial charge >= 0.3 is 0 Å². The standard InChI is InChI=1S/C22H26N4OS/c1-4-5-6-17-9-13-19(14-10-17)26-21(18-11-7-15(2)8-12-18)24-25-22(26)28-16(3)20(23)27/h7-14,16H,4-6H2,1-3H3,(H2,23,27). The number of benzene rings is 2. The molecule has 0 aliphatic heterocycles. The second-order valence-electron chi connectivity index (χ2n) is 6.94. The van der Waals surface area contributed by atoms with Crippen LogP contribution < -0.4 is 5.73 Å². The van der Waals surface area contributed by atoms with Gasteiger partial charge in [0.2, 0.25) is 5.91 Å². The molecule has 2 aromatic carbocycles. The maximum atomic E-state index is 11.6. The molecule has 0 fully saturated rings. The van der Waals surface area contributed by atoms with Gasteiger partial charge in [0.15, 0.2) is 11.0 Å². The van der Waals surface area contributed by atoms with E-state index in [0.29, 0.717) is 5.16 Å². The molecule has 0 radical (unpaired) electrons. The van der Waals surface area contributed by atoms with Crippen molar-refractivity contribution in [3.05, 3.63) is 59.7 Å². The highest BCUT2D eigenvalue weighted by atomic mass is 32.2. The van der Waals surface area contributed by atoms with Crippen molar-refractivity contribution in [2.75, 3.05) is 0 Å². The minimum atomic E-state index is -0.391. The summed E-state index contributed by atoms with van der Waals surface area (Å²) in [6.07, 6.45) is 3.43. The van der Waals surface area contributed by atoms with Crippen LogP contribution in [-0.2, 0) is 11.2 Å². The third-order valence-corrected chi connectivity index (χ3v) is 5.70. The molecule has 28 heavy (non-hydrogen) atoms. The molecule has 1 unspecified atom stereocenters. The molecular formula is C22H26N4OS. The molecule has 0 aliphatic rings. The molecule has 1 amide bonds. The molecule has 5 nitrogen and oxygen atoms in total. The van der Waals surface area contributed by atoms with Crippen LogP contribution in [0.4, 0.5) is 0 Å². The minimum Gasteiger partial charge on any atom is -0.369 e. The van der Waals surface area contributed by atoms with E-state index >= 15 is 0 Å². The lowest BCUT2D eigenvalue weighted by molar-refractivity contribution is -0.117. The third kappa shape index (κ3) is 4.62. The van der Waals surface area contributed by atoms with E-state index in [4.69, 9.17) is 5.73 Å². The lowest BCUT2D eigenvalue weighted by atomic mass is 10.1. The molecule has 0 aliphatic carbocycles. The van der Waals surface area contributed by atoms with Crippen molar-refractivity contribution in [2.45, 2.75) is 50.4 Å². The van der Waals surface area contributed by atoms with Gasteiger partial charge in [-0.1, -0.05) is 67.1 Å². The molecule has 0 spiro atoms. The molecule has 0 saturated heterocycles. The summed E-state index contributed by atoms with van der Waals surface area (Å²) in [7, 11) is 0. The highest BCUT2D eigenvalue weighted by Gasteiger charge is 2.20. The zero-order valence-electron chi connectivity index (χ0n) is 16.6. The zero-order valence-corrected chi connectivity index (χ0v) is 17.4. The molecule has 1 atom stereocenters. The van der Waals surface area contributed by atoms with Gasteiger partial charge in [-0.3, -0.25) is 9.36 Å². The summed E-state index contributed by atoms with van der Waals surface area (Å²) in [5.74, 6) is 0.381. The topological polar surface area (TPSA) is 73.8 Å². The van der Waals surface area contributed by atoms with Gasteiger partial charge in [-0.2, -0.15) is 0 Å². The van der Waals surface area contributed by atoms with Crippen LogP contribution >= 0.6 is 11.8 Å². The Hall–Kier alpha value is -2.60. The van der Waals surface area contributed by atoms with Crippen molar-refractivity contribution in [1.82, 2.24) is 14.8 Å². The van der Waals surface area contributed by atoms with Gasteiger partial charge in [-0.25, -0.2) is 0 Å². The number of primary amides is 1. The third-order valence-electron chi connectivity index (χ3n) is 4.64. The van der Waals surface area contributed by atoms with E-state index in [1.807, 2.05) is 16.7 Å². The fourth-order valence-corrected chi connectivity index (χ4v) is 3.70. The molecule has 0 saturated carbocycles. The fraction of sp³-hybridized carbons (Fsp3) is 0.318. The predicted octanol–water partition coefficient (Wildman–Crippen LogP) is 4.55. The first-order chi connectivity index (χ1) is 13.5. The summed E-state index contributed by atoms with van der Waals surface area (Å²) >= 11 is 1.32. The fourth-order valence-electron chi connectivity index (χ4n) is 2.88. The van der Waals surface area contributed by atoms with E-state index < -0.39 is 5.25 Å². The Kier molecular flexibility index (Phi) is 6.52. The van der Waals surface area contributed by atoms with Gasteiger partial charge in [0.05, 0.1) is 5.25 Å². The summed E-state index contributed by atoms with van der Waals surface area (Å²) in [4.78, 5) is 11.6. The van der Waals surface area contributed by atoms with E-state index in [1.165, 1.54) is 35.7 Å². The van der Waals surface area contributed by atoms with Gasteiger partial charge in [0.1, 0.15) is 0 Å². The van der Waals surface area contributed by atoms with Crippen molar-refractivity contribution >= 4 is 17.7 Å². The molecular weight excluding hydrogens is 368 g/mol. The lowest BCUT2D eigenvalue weighted by Gasteiger charge is -2.13. The molecule has 0 bridgehead atoms. The molecule has 2 N–H and O–H groups in total. The first-order valence-electron chi connectivity index (χ1n) is 9.57. The van der Waals surface area contributed by atoms with Gasteiger partial charge in [-0.05, 0) is 44.4 Å². The van der Waals surface area contributed by atoms with Gasteiger partial charge < -0.3 is 5.73 Å². The van der Waals surface area contributed by atoms with E-state index in [-0.39, 0.29) is 5.91 Å². The number of nitrogens with two attached hydrogens (primary N) is 1. The number of unbranched alkanes of at least 4 members (excludes halogenated alkanes) is 1. The van der Waals surface area contributed by atoms with Crippen LogP contribution in [0.15, 0.2) is 53.7 Å². The Morgan fingerprint density at radius 1 is 1.11 bits per heavy atom. The zero-order chi connectivity index (χ0) is 20.1. The maximum absolute atomic E-state index is 11.6. The van der Waals surface area contributed by atoms with Crippen LogP contribution in [0.1, 0.15) is 37.8 Å². The van der Waals surface area contributed by atoms with Gasteiger partial charge in [-0.15, -0.1) is 10.2 Å². The van der Waals surface area contributed by atoms with Crippen LogP contribution in [0.25, 0.3) is 17.1 Å². The molecule has 3 rings (SSSR count). The number of amides is 1. The van der Waals surface area contributed by atoms with Crippen LogP contribution in [0.5, 0.6) is 0 Å². The number of hydrogen-bond donors (Lipinski definition) is 1. The minimum absolute atomic E-state index is 0.369. The molecule has 1 heterocycles. The van der Waals surface area contributed by atoms with Crippen molar-refractivity contribution in [3.63, 3.8) is 0 Å². The largest absolute Gasteiger partial charge is 0.369 e. The molecule has 3 aromatic rings. The summed E-state index contributed by atoms with van der Waals surface area (Å²) in [6, 6.07) is 16.7. The number of aryl methyl sites for hydroxylation is 2. The summed E-state index contributed by atoms with van der Waals surface area (Å²) in [5.41, 5.74) is 9.91. The van der Waals surface area contributed by atoms with E-state index in [2.05, 4.69) is 60.4 Å². The van der Waals surface area contributed by atoms with Crippen molar-refractivity contribution < 1.29 is 4.79 Å². The smallest absolute Gasteiger partial charge is 0.230 e. The number of aromatic nitrogens is 3. The van der Waals surface area contributed by atoms with E-state index in [0.717, 1.165) is 23.5 Å². The Morgan fingerprint density at radius 3 is 2.39 bits per heavy atom. The number of carbonyl (C=O) groups excluding carboxylic acids is 1. The normalized spacial score (nSPS) is 12.1. The molecule has 1 aromatic heterocycles. The number of rotatable bonds is 8. The van der Waals surface area contributed by atoms with Crippen molar-refractivity contribution in [2.24, 2.45) is 5.73 Å². The average Bonchev–Trinajstić information content (AvgIpc) is 3.10. The molecule has 146 valence electrons. The number of hydrogen-bond acceptors (Lipinski definition) is 4. The summed E-state index contributed by atoms with van der Waals surface area (Å²) < 4.78 is 2.00. The van der Waals surface area contributed by atoms with Gasteiger partial charge in [0, 0.05) is 11.3 Å². The van der Waals surface area contributed by atoms with Crippen LogP contribution in [0.3, 0.4) is 0 Å². The number of carbonyl (C=O) groups is 1.